The normalized spacial score (nSPS) is 10.5. The molecule has 0 unspecified atom stereocenters. The summed E-state index contributed by atoms with van der Waals surface area (Å²) in [5, 5.41) is 1.13. The number of hydrogen-bond donors (Lipinski definition) is 0. The van der Waals surface area contributed by atoms with Gasteiger partial charge in [-0.1, -0.05) is 18.2 Å². The average Bonchev–Trinajstić information content (AvgIpc) is 2.39. The van der Waals surface area contributed by atoms with Gasteiger partial charge in [-0.2, -0.15) is 0 Å². The van der Waals surface area contributed by atoms with Crippen molar-refractivity contribution in [2.24, 2.45) is 0 Å². The number of hydrogen-bond acceptors (Lipinski definition) is 2. The molecule has 0 bridgehead atoms. The summed E-state index contributed by atoms with van der Waals surface area (Å²) in [4.78, 5) is 8.31. The fourth-order valence-electron chi connectivity index (χ4n) is 1.70. The topological polar surface area (TPSA) is 25.8 Å². The second-order valence-corrected chi connectivity index (χ2v) is 3.58. The first-order valence-electron chi connectivity index (χ1n) is 5.11. The van der Waals surface area contributed by atoms with Gasteiger partial charge in [-0.25, -0.2) is 4.98 Å². The summed E-state index contributed by atoms with van der Waals surface area (Å²) in [6.45, 7) is 0. The van der Waals surface area contributed by atoms with Gasteiger partial charge >= 0.3 is 0 Å². The molecule has 2 heterocycles. The van der Waals surface area contributed by atoms with Crippen LogP contribution in [0.5, 0.6) is 0 Å². The van der Waals surface area contributed by atoms with Crippen molar-refractivity contribution in [3.63, 3.8) is 0 Å². The lowest BCUT2D eigenvalue weighted by Crippen LogP contribution is -1.83. The molecule has 3 aromatic rings. The first-order chi connectivity index (χ1) is 7.93. The van der Waals surface area contributed by atoms with E-state index in [-0.39, 0.29) is 0 Å². The fraction of sp³-hybridized carbons (Fsp3) is 0. The maximum absolute atomic E-state index is 4.31. The molecule has 16 heavy (non-hydrogen) atoms. The Labute approximate surface area is 93.6 Å². The molecule has 0 aliphatic rings. The van der Waals surface area contributed by atoms with E-state index < -0.39 is 0 Å². The van der Waals surface area contributed by atoms with Crippen LogP contribution in [0.3, 0.4) is 0 Å². The molecule has 2 heteroatoms. The summed E-state index contributed by atoms with van der Waals surface area (Å²) in [7, 11) is 0. The zero-order chi connectivity index (χ0) is 10.8. The van der Waals surface area contributed by atoms with E-state index in [1.54, 1.807) is 12.4 Å². The van der Waals surface area contributed by atoms with E-state index in [1.165, 1.54) is 0 Å². The van der Waals surface area contributed by atoms with Crippen LogP contribution >= 0.6 is 0 Å². The van der Waals surface area contributed by atoms with E-state index in [2.05, 4.69) is 28.3 Å². The number of nitrogens with zero attached hydrogens (tertiary/aromatic N) is 2. The molecule has 2 nitrogen and oxygen atoms in total. The smallest absolute Gasteiger partial charge is 0.0978 e. The molecule has 0 aliphatic carbocycles. The van der Waals surface area contributed by atoms with Crippen LogP contribution in [-0.2, 0) is 0 Å². The highest BCUT2D eigenvalue weighted by molar-refractivity contribution is 5.82. The molecule has 1 radical (unpaired) electrons. The molecule has 75 valence electrons. The van der Waals surface area contributed by atoms with E-state index in [1.807, 2.05) is 30.3 Å². The van der Waals surface area contributed by atoms with Gasteiger partial charge in [-0.15, -0.1) is 0 Å². The summed E-state index contributed by atoms with van der Waals surface area (Å²) in [6.07, 6.45) is 6.60. The van der Waals surface area contributed by atoms with Gasteiger partial charge in [0.15, 0.2) is 0 Å². The van der Waals surface area contributed by atoms with Crippen molar-refractivity contribution in [2.75, 3.05) is 0 Å². The van der Waals surface area contributed by atoms with Crippen LogP contribution in [-0.4, -0.2) is 9.97 Å². The minimum Gasteiger partial charge on any atom is -0.265 e. The number of benzene rings is 1. The minimum atomic E-state index is 0.973. The lowest BCUT2D eigenvalue weighted by atomic mass is 10.1. The van der Waals surface area contributed by atoms with Crippen LogP contribution < -0.4 is 0 Å². The predicted molar refractivity (Wildman–Crippen MR) is 63.8 cm³/mol. The van der Waals surface area contributed by atoms with Gasteiger partial charge < -0.3 is 0 Å². The zero-order valence-corrected chi connectivity index (χ0v) is 8.59. The van der Waals surface area contributed by atoms with Crippen LogP contribution in [0.15, 0.2) is 54.9 Å². The van der Waals surface area contributed by atoms with E-state index in [0.29, 0.717) is 0 Å². The van der Waals surface area contributed by atoms with Crippen molar-refractivity contribution in [3.8, 4) is 11.1 Å². The van der Waals surface area contributed by atoms with Crippen molar-refractivity contribution in [3.05, 3.63) is 61.1 Å². The lowest BCUT2D eigenvalue weighted by molar-refractivity contribution is 1.32. The lowest BCUT2D eigenvalue weighted by Gasteiger charge is -2.01. The van der Waals surface area contributed by atoms with Crippen LogP contribution in [0.1, 0.15) is 0 Å². The monoisotopic (exact) mass is 205 g/mol. The molecule has 0 spiro atoms. The standard InChI is InChI=1S/C14H9N2/c1-2-4-14-12(3-1)9-13(10-16-14)11-5-7-15-8-6-11/h1-9H. The third kappa shape index (κ3) is 1.54. The molecule has 0 fully saturated rings. The molecule has 3 rings (SSSR count). The van der Waals surface area contributed by atoms with Gasteiger partial charge in [0.1, 0.15) is 0 Å². The molecule has 0 saturated carbocycles. The van der Waals surface area contributed by atoms with E-state index in [9.17, 15) is 0 Å². The maximum atomic E-state index is 4.31. The highest BCUT2D eigenvalue weighted by Crippen LogP contribution is 2.21. The molecule has 0 N–H and O–H groups in total. The van der Waals surface area contributed by atoms with Crippen molar-refractivity contribution in [2.45, 2.75) is 0 Å². The molecule has 2 aromatic heterocycles. The number of pyridine rings is 2. The molecular formula is C14H9N2. The molecule has 0 amide bonds. The Morgan fingerprint density at radius 3 is 2.62 bits per heavy atom. The minimum absolute atomic E-state index is 0.973. The van der Waals surface area contributed by atoms with Gasteiger partial charge in [-0.3, -0.25) is 4.98 Å². The van der Waals surface area contributed by atoms with Crippen molar-refractivity contribution < 1.29 is 0 Å². The summed E-state index contributed by atoms with van der Waals surface area (Å²) in [5.74, 6) is 0. The Bertz CT molecular complexity index is 618. The Morgan fingerprint density at radius 2 is 1.75 bits per heavy atom. The van der Waals surface area contributed by atoms with Crippen molar-refractivity contribution >= 4 is 10.9 Å². The highest BCUT2D eigenvalue weighted by Gasteiger charge is 2.00. The van der Waals surface area contributed by atoms with Gasteiger partial charge in [-0.05, 0) is 29.8 Å². The third-order valence-corrected chi connectivity index (χ3v) is 2.52. The number of para-hydroxylation sites is 1. The summed E-state index contributed by atoms with van der Waals surface area (Å²) < 4.78 is 0. The number of rotatable bonds is 1. The second-order valence-electron chi connectivity index (χ2n) is 3.58. The van der Waals surface area contributed by atoms with Gasteiger partial charge in [0.2, 0.25) is 0 Å². The van der Waals surface area contributed by atoms with Crippen LogP contribution in [0.4, 0.5) is 0 Å². The molecule has 0 aliphatic heterocycles. The number of fused-ring (bicyclic) bond motifs is 1. The quantitative estimate of drug-likeness (QED) is 0.610. The summed E-state index contributed by atoms with van der Waals surface area (Å²) >= 11 is 0. The molecular weight excluding hydrogens is 196 g/mol. The molecule has 0 saturated heterocycles. The average molecular weight is 205 g/mol. The predicted octanol–water partition coefficient (Wildman–Crippen LogP) is 3.10. The summed E-state index contributed by atoms with van der Waals surface area (Å²) in [5.41, 5.74) is 3.06. The van der Waals surface area contributed by atoms with E-state index >= 15 is 0 Å². The first kappa shape index (κ1) is 9.04. The van der Waals surface area contributed by atoms with Crippen molar-refractivity contribution in [1.82, 2.24) is 9.97 Å². The van der Waals surface area contributed by atoms with Gasteiger partial charge in [0.05, 0.1) is 11.7 Å². The zero-order valence-electron chi connectivity index (χ0n) is 8.59. The van der Waals surface area contributed by atoms with Crippen molar-refractivity contribution in [1.29, 1.82) is 0 Å². The Morgan fingerprint density at radius 1 is 0.938 bits per heavy atom. The highest BCUT2D eigenvalue weighted by atomic mass is 14.7. The van der Waals surface area contributed by atoms with Gasteiger partial charge in [0.25, 0.3) is 0 Å². The fourth-order valence-corrected chi connectivity index (χ4v) is 1.70. The molecule has 1 aromatic carbocycles. The van der Waals surface area contributed by atoms with E-state index in [0.717, 1.165) is 22.0 Å². The largest absolute Gasteiger partial charge is 0.265 e. The maximum Gasteiger partial charge on any atom is 0.0978 e. The second kappa shape index (κ2) is 3.74. The third-order valence-electron chi connectivity index (χ3n) is 2.52. The Kier molecular flexibility index (Phi) is 2.11. The molecule has 0 atom stereocenters. The number of aromatic nitrogens is 2. The summed E-state index contributed by atoms with van der Waals surface area (Å²) in [6, 6.07) is 14.1. The van der Waals surface area contributed by atoms with Crippen LogP contribution in [0, 0.1) is 6.20 Å². The Balaban J connectivity index is 2.19. The van der Waals surface area contributed by atoms with E-state index in [4.69, 9.17) is 0 Å². The van der Waals surface area contributed by atoms with Gasteiger partial charge in [0, 0.05) is 23.3 Å². The Hall–Kier alpha value is -2.22. The van der Waals surface area contributed by atoms with Crippen LogP contribution in [0.2, 0.25) is 0 Å². The first-order valence-corrected chi connectivity index (χ1v) is 5.11. The van der Waals surface area contributed by atoms with Crippen LogP contribution in [0.25, 0.3) is 22.0 Å². The SMILES string of the molecule is [c]1nc2ccccc2cc1-c1ccncc1.